The van der Waals surface area contributed by atoms with Crippen molar-refractivity contribution in [1.82, 2.24) is 4.90 Å². The van der Waals surface area contributed by atoms with Crippen molar-refractivity contribution in [3.63, 3.8) is 0 Å². The van der Waals surface area contributed by atoms with Gasteiger partial charge in [-0.25, -0.2) is 0 Å². The molecule has 1 heterocycles. The van der Waals surface area contributed by atoms with Gasteiger partial charge in [0.1, 0.15) is 14.0 Å². The summed E-state index contributed by atoms with van der Waals surface area (Å²) in [5, 5.41) is 27.2. The molecule has 0 spiro atoms. The van der Waals surface area contributed by atoms with Crippen molar-refractivity contribution in [3.05, 3.63) is 0 Å². The number of halogens is 3. The van der Waals surface area contributed by atoms with E-state index >= 15 is 0 Å². The Kier molecular flexibility index (Phi) is 3.51. The second-order valence-electron chi connectivity index (χ2n) is 3.43. The van der Waals surface area contributed by atoms with Gasteiger partial charge in [-0.15, -0.1) is 0 Å². The number of nitrogens with zero attached hydrogens (tertiary/aromatic N) is 1. The van der Waals surface area contributed by atoms with E-state index in [2.05, 4.69) is 0 Å². The smallest absolute Gasteiger partial charge is 0.394 e. The third-order valence-corrected chi connectivity index (χ3v) is 2.44. The molecule has 5 nitrogen and oxygen atoms in total. The van der Waals surface area contributed by atoms with Crippen molar-refractivity contribution >= 4 is 13.8 Å². The fourth-order valence-electron chi connectivity index (χ4n) is 1.61. The van der Waals surface area contributed by atoms with Crippen LogP contribution in [0.1, 0.15) is 0 Å². The maximum Gasteiger partial charge on any atom is 0.471 e. The minimum atomic E-state index is -5.17. The molecule has 4 atom stereocenters. The van der Waals surface area contributed by atoms with Crippen molar-refractivity contribution in [2.24, 2.45) is 0 Å². The minimum Gasteiger partial charge on any atom is -0.394 e. The minimum absolute atomic E-state index is 0.0509. The first-order chi connectivity index (χ1) is 7.21. The van der Waals surface area contributed by atoms with Crippen LogP contribution >= 0.6 is 0 Å². The Bertz CT molecular complexity index is 287. The predicted molar refractivity (Wildman–Crippen MR) is 45.3 cm³/mol. The Morgan fingerprint density at radius 2 is 1.81 bits per heavy atom. The van der Waals surface area contributed by atoms with Crippen LogP contribution in [0.3, 0.4) is 0 Å². The lowest BCUT2D eigenvalue weighted by Crippen LogP contribution is -2.51. The van der Waals surface area contributed by atoms with Gasteiger partial charge in [0.05, 0.1) is 18.8 Å². The zero-order valence-electron chi connectivity index (χ0n) is 7.92. The largest absolute Gasteiger partial charge is 0.471 e. The predicted octanol–water partition coefficient (Wildman–Crippen LogP) is -2.03. The number of hydrogen-bond donors (Lipinski definition) is 3. The average molecular weight is 239 g/mol. The lowest BCUT2D eigenvalue weighted by atomic mass is 9.91. The van der Waals surface area contributed by atoms with E-state index in [0.717, 1.165) is 0 Å². The van der Waals surface area contributed by atoms with Crippen molar-refractivity contribution in [2.45, 2.75) is 30.4 Å². The third kappa shape index (κ3) is 2.02. The summed E-state index contributed by atoms with van der Waals surface area (Å²) in [6.07, 6.45) is -8.59. The van der Waals surface area contributed by atoms with Gasteiger partial charge in [-0.05, 0) is 0 Å². The Balaban J connectivity index is 2.98. The summed E-state index contributed by atoms with van der Waals surface area (Å²) < 4.78 is 36.4. The summed E-state index contributed by atoms with van der Waals surface area (Å²) in [7, 11) is 5.16. The number of aliphatic hydroxyl groups excluding tert-OH is 3. The van der Waals surface area contributed by atoms with Crippen molar-refractivity contribution in [1.29, 1.82) is 0 Å². The van der Waals surface area contributed by atoms with Gasteiger partial charge in [-0.2, -0.15) is 13.2 Å². The van der Waals surface area contributed by atoms with Crippen LogP contribution in [0, 0.1) is 0 Å². The highest BCUT2D eigenvalue weighted by Gasteiger charge is 2.53. The summed E-state index contributed by atoms with van der Waals surface area (Å²) in [5.41, 5.74) is 0. The molecule has 9 heteroatoms. The first kappa shape index (κ1) is 13.3. The van der Waals surface area contributed by atoms with Gasteiger partial charge in [0, 0.05) is 5.94 Å². The molecule has 16 heavy (non-hydrogen) atoms. The van der Waals surface area contributed by atoms with Crippen LogP contribution in [0.2, 0.25) is 0 Å². The van der Waals surface area contributed by atoms with E-state index in [1.807, 2.05) is 0 Å². The van der Waals surface area contributed by atoms with E-state index in [-0.39, 0.29) is 4.90 Å². The molecule has 0 aromatic heterocycles. The Morgan fingerprint density at radius 1 is 1.31 bits per heavy atom. The van der Waals surface area contributed by atoms with Gasteiger partial charge in [-0.1, -0.05) is 0 Å². The molecule has 1 saturated heterocycles. The van der Waals surface area contributed by atoms with Gasteiger partial charge in [0.15, 0.2) is 0 Å². The number of hydrogen-bond acceptors (Lipinski definition) is 4. The number of likely N-dealkylation sites (tertiary alicyclic amines) is 1. The number of amides is 1. The molecule has 0 bridgehead atoms. The van der Waals surface area contributed by atoms with E-state index in [9.17, 15) is 28.2 Å². The molecule has 0 aromatic rings. The zero-order chi connectivity index (χ0) is 12.7. The van der Waals surface area contributed by atoms with E-state index in [4.69, 9.17) is 13.0 Å². The van der Waals surface area contributed by atoms with Gasteiger partial charge in [0.25, 0.3) is 0 Å². The number of carbonyl (C=O) groups excluding carboxylic acids is 1. The molecule has 3 N–H and O–H groups in total. The Hall–Kier alpha value is -0.795. The molecule has 0 aromatic carbocycles. The van der Waals surface area contributed by atoms with Crippen LogP contribution in [0.5, 0.6) is 0 Å². The zero-order valence-corrected chi connectivity index (χ0v) is 7.92. The first-order valence-electron chi connectivity index (χ1n) is 4.34. The third-order valence-electron chi connectivity index (χ3n) is 2.44. The van der Waals surface area contributed by atoms with Crippen LogP contribution in [-0.4, -0.2) is 70.9 Å². The second-order valence-corrected chi connectivity index (χ2v) is 3.43. The lowest BCUT2D eigenvalue weighted by molar-refractivity contribution is -0.188. The molecule has 1 aliphatic heterocycles. The van der Waals surface area contributed by atoms with Gasteiger partial charge >= 0.3 is 12.1 Å². The standard InChI is InChI=1S/C7H9BF3NO4/c8-5-4(15)3(14)2(1-13)12(5)6(16)7(9,10)11/h2-5,13-15H,1H2/t2-,3+,4-,5-/m1/s1. The molecule has 90 valence electrons. The van der Waals surface area contributed by atoms with Crippen LogP contribution in [0.4, 0.5) is 13.2 Å². The summed E-state index contributed by atoms with van der Waals surface area (Å²) in [4.78, 5) is 11.0. The van der Waals surface area contributed by atoms with Gasteiger partial charge in [-0.3, -0.25) is 4.79 Å². The quantitative estimate of drug-likeness (QED) is 0.461. The molecule has 0 unspecified atom stereocenters. The number of carbonyl (C=O) groups is 1. The number of rotatable bonds is 1. The highest BCUT2D eigenvalue weighted by Crippen LogP contribution is 2.29. The van der Waals surface area contributed by atoms with E-state index in [0.29, 0.717) is 0 Å². The molecule has 1 rings (SSSR count). The molecule has 0 saturated carbocycles. The molecule has 2 radical (unpaired) electrons. The summed E-state index contributed by atoms with van der Waals surface area (Å²) in [6, 6.07) is -1.56. The second kappa shape index (κ2) is 4.23. The highest BCUT2D eigenvalue weighted by atomic mass is 19.4. The van der Waals surface area contributed by atoms with Crippen LogP contribution < -0.4 is 0 Å². The van der Waals surface area contributed by atoms with Gasteiger partial charge in [0.2, 0.25) is 0 Å². The Labute approximate surface area is 89.9 Å². The van der Waals surface area contributed by atoms with Crippen LogP contribution in [0.25, 0.3) is 0 Å². The summed E-state index contributed by atoms with van der Waals surface area (Å²) in [6.45, 7) is -0.923. The maximum absolute atomic E-state index is 12.1. The number of alkyl halides is 3. The molecular weight excluding hydrogens is 230 g/mol. The lowest BCUT2D eigenvalue weighted by Gasteiger charge is -2.28. The van der Waals surface area contributed by atoms with E-state index in [1.165, 1.54) is 0 Å². The topological polar surface area (TPSA) is 81.0 Å². The average Bonchev–Trinajstić information content (AvgIpc) is 2.39. The van der Waals surface area contributed by atoms with Crippen molar-refractivity contribution < 1.29 is 33.3 Å². The fourth-order valence-corrected chi connectivity index (χ4v) is 1.61. The van der Waals surface area contributed by atoms with E-state index in [1.54, 1.807) is 0 Å². The SMILES string of the molecule is [B][C@H]1[C@H](O)[C@@H](O)[C@@H](CO)N1C(=O)C(F)(F)F. The van der Waals surface area contributed by atoms with Crippen molar-refractivity contribution in [3.8, 4) is 0 Å². The fraction of sp³-hybridized carbons (Fsp3) is 0.857. The summed E-state index contributed by atoms with van der Waals surface area (Å²) in [5.74, 6) is -3.99. The van der Waals surface area contributed by atoms with Crippen molar-refractivity contribution in [2.75, 3.05) is 6.61 Å². The molecule has 0 aliphatic carbocycles. The number of aliphatic hydroxyl groups is 3. The monoisotopic (exact) mass is 239 g/mol. The first-order valence-corrected chi connectivity index (χ1v) is 4.34. The van der Waals surface area contributed by atoms with Crippen LogP contribution in [0.15, 0.2) is 0 Å². The Morgan fingerprint density at radius 3 is 2.19 bits per heavy atom. The normalized spacial score (nSPS) is 35.5. The van der Waals surface area contributed by atoms with Gasteiger partial charge < -0.3 is 20.2 Å². The molecular formula is C7H9BF3NO4. The molecule has 1 amide bonds. The maximum atomic E-state index is 12.1. The summed E-state index contributed by atoms with van der Waals surface area (Å²) >= 11 is 0. The van der Waals surface area contributed by atoms with Crippen LogP contribution in [-0.2, 0) is 4.79 Å². The highest BCUT2D eigenvalue weighted by molar-refractivity contribution is 6.14. The molecule has 1 fully saturated rings. The molecule has 1 aliphatic rings. The van der Waals surface area contributed by atoms with E-state index < -0.39 is 42.9 Å².